The van der Waals surface area contributed by atoms with Crippen LogP contribution >= 0.6 is 11.6 Å². The fraction of sp³-hybridized carbons (Fsp3) is 0.391. The Kier molecular flexibility index (Phi) is 7.08. The van der Waals surface area contributed by atoms with Crippen molar-refractivity contribution in [2.45, 2.75) is 32.1 Å². The van der Waals surface area contributed by atoms with E-state index in [1.54, 1.807) is 23.1 Å². The first-order valence-electron chi connectivity index (χ1n) is 11.0. The highest BCUT2D eigenvalue weighted by Crippen LogP contribution is 2.30. The molecule has 0 radical (unpaired) electrons. The summed E-state index contributed by atoms with van der Waals surface area (Å²) in [7, 11) is 0. The number of benzene rings is 1. The molecule has 1 aliphatic carbocycles. The van der Waals surface area contributed by atoms with Gasteiger partial charge in [0.1, 0.15) is 18.2 Å². The number of nitrogens with zero attached hydrogens (tertiary/aromatic N) is 3. The molecule has 10 heteroatoms. The van der Waals surface area contributed by atoms with E-state index in [1.807, 2.05) is 0 Å². The van der Waals surface area contributed by atoms with E-state index in [0.29, 0.717) is 42.0 Å². The molecule has 1 aromatic carbocycles. The lowest BCUT2D eigenvalue weighted by molar-refractivity contribution is -0.119. The first-order chi connectivity index (χ1) is 15.9. The lowest BCUT2D eigenvalue weighted by Gasteiger charge is -2.27. The molecule has 2 fully saturated rings. The third kappa shape index (κ3) is 6.19. The predicted molar refractivity (Wildman–Crippen MR) is 124 cm³/mol. The maximum atomic E-state index is 14.7. The topological polar surface area (TPSA) is 94.6 Å². The zero-order valence-corrected chi connectivity index (χ0v) is 18.8. The maximum absolute atomic E-state index is 14.7. The van der Waals surface area contributed by atoms with Gasteiger partial charge >= 0.3 is 6.03 Å². The van der Waals surface area contributed by atoms with E-state index < -0.39 is 17.8 Å². The van der Waals surface area contributed by atoms with Crippen LogP contribution < -0.4 is 15.5 Å². The number of hydrogen-bond acceptors (Lipinski definition) is 4. The average molecular weight is 474 g/mol. The number of urea groups is 1. The third-order valence-electron chi connectivity index (χ3n) is 5.62. The minimum Gasteiger partial charge on any atom is -0.322 e. The van der Waals surface area contributed by atoms with E-state index in [0.717, 1.165) is 25.7 Å². The second-order valence-electron chi connectivity index (χ2n) is 8.33. The number of nitrogens with one attached hydrogen (secondary N) is 2. The smallest absolute Gasteiger partial charge is 0.322 e. The first-order valence-corrected chi connectivity index (χ1v) is 11.3. The van der Waals surface area contributed by atoms with Gasteiger partial charge in [-0.3, -0.25) is 14.9 Å². The molecule has 0 unspecified atom stereocenters. The van der Waals surface area contributed by atoms with Crippen molar-refractivity contribution in [3.63, 3.8) is 0 Å². The molecular formula is C23H25ClFN5O3. The number of anilines is 3. The van der Waals surface area contributed by atoms with Crippen molar-refractivity contribution in [2.24, 2.45) is 5.92 Å². The molecule has 174 valence electrons. The highest BCUT2D eigenvalue weighted by molar-refractivity contribution is 6.30. The molecule has 0 spiro atoms. The predicted octanol–water partition coefficient (Wildman–Crippen LogP) is 4.27. The van der Waals surface area contributed by atoms with Gasteiger partial charge in [0.05, 0.1) is 10.7 Å². The molecule has 0 atom stereocenters. The molecule has 2 heterocycles. The molecule has 0 bridgehead atoms. The molecule has 4 amide bonds. The first kappa shape index (κ1) is 23.0. The van der Waals surface area contributed by atoms with Crippen molar-refractivity contribution in [3.05, 3.63) is 47.4 Å². The Bertz CT molecular complexity index is 1040. The second-order valence-corrected chi connectivity index (χ2v) is 8.77. The van der Waals surface area contributed by atoms with Crippen LogP contribution in [0.5, 0.6) is 0 Å². The summed E-state index contributed by atoms with van der Waals surface area (Å²) in [5, 5.41) is 5.63. The molecule has 1 aromatic heterocycles. The van der Waals surface area contributed by atoms with Gasteiger partial charge in [0, 0.05) is 31.4 Å². The van der Waals surface area contributed by atoms with Crippen molar-refractivity contribution >= 4 is 46.6 Å². The molecule has 33 heavy (non-hydrogen) atoms. The number of carbonyl (C=O) groups excluding carboxylic acids is 3. The Morgan fingerprint density at radius 2 is 2.00 bits per heavy atom. The van der Waals surface area contributed by atoms with Crippen LogP contribution in [0.15, 0.2) is 36.5 Å². The SMILES string of the molecule is O=C(CN(CC1CC1)C(=O)Nc1ccc(Cl)cn1)Nc1ccc(N2CCCCC2=O)cc1F. The number of piperidine rings is 1. The van der Waals surface area contributed by atoms with Gasteiger partial charge in [0.25, 0.3) is 0 Å². The fourth-order valence-corrected chi connectivity index (χ4v) is 3.80. The fourth-order valence-electron chi connectivity index (χ4n) is 3.69. The molecule has 2 N–H and O–H groups in total. The van der Waals surface area contributed by atoms with Gasteiger partial charge in [-0.25, -0.2) is 14.2 Å². The lowest BCUT2D eigenvalue weighted by Crippen LogP contribution is -2.42. The van der Waals surface area contributed by atoms with Crippen LogP contribution in [-0.4, -0.2) is 47.4 Å². The third-order valence-corrected chi connectivity index (χ3v) is 5.85. The molecular weight excluding hydrogens is 449 g/mol. The van der Waals surface area contributed by atoms with E-state index in [9.17, 15) is 18.8 Å². The van der Waals surface area contributed by atoms with Crippen LogP contribution in [-0.2, 0) is 9.59 Å². The average Bonchev–Trinajstić information content (AvgIpc) is 3.61. The molecule has 1 aliphatic heterocycles. The largest absolute Gasteiger partial charge is 0.323 e. The van der Waals surface area contributed by atoms with Gasteiger partial charge in [-0.05, 0) is 61.9 Å². The Balaban J connectivity index is 1.39. The van der Waals surface area contributed by atoms with Crippen molar-refractivity contribution in [1.82, 2.24) is 9.88 Å². The standard InChI is InChI=1S/C23H25ClFN5O3/c24-16-6-9-20(26-12-16)28-23(33)29(13-15-4-5-15)14-21(31)27-19-8-7-17(11-18(19)25)30-10-2-1-3-22(30)32/h6-9,11-12,15H,1-5,10,13-14H2,(H,27,31)(H,26,28,33). The minimum absolute atomic E-state index is 0.000596. The highest BCUT2D eigenvalue weighted by atomic mass is 35.5. The molecule has 1 saturated carbocycles. The van der Waals surface area contributed by atoms with Crippen molar-refractivity contribution in [3.8, 4) is 0 Å². The summed E-state index contributed by atoms with van der Waals surface area (Å²) in [5.41, 5.74) is 0.472. The van der Waals surface area contributed by atoms with Crippen molar-refractivity contribution in [1.29, 1.82) is 0 Å². The van der Waals surface area contributed by atoms with Gasteiger partial charge in [-0.15, -0.1) is 0 Å². The van der Waals surface area contributed by atoms with Gasteiger partial charge in [-0.1, -0.05) is 11.6 Å². The van der Waals surface area contributed by atoms with Gasteiger partial charge < -0.3 is 15.1 Å². The summed E-state index contributed by atoms with van der Waals surface area (Å²) in [6, 6.07) is 7.01. The monoisotopic (exact) mass is 473 g/mol. The van der Waals surface area contributed by atoms with E-state index in [2.05, 4.69) is 15.6 Å². The van der Waals surface area contributed by atoms with Crippen LogP contribution in [0.4, 0.5) is 26.4 Å². The van der Waals surface area contributed by atoms with E-state index in [-0.39, 0.29) is 18.1 Å². The van der Waals surface area contributed by atoms with Gasteiger partial charge in [0.15, 0.2) is 0 Å². The van der Waals surface area contributed by atoms with E-state index in [4.69, 9.17) is 11.6 Å². The Labute approximate surface area is 196 Å². The molecule has 4 rings (SSSR count). The summed E-state index contributed by atoms with van der Waals surface area (Å²) in [6.45, 7) is 0.741. The zero-order valence-electron chi connectivity index (χ0n) is 18.0. The van der Waals surface area contributed by atoms with Crippen LogP contribution in [0.25, 0.3) is 0 Å². The number of rotatable bonds is 7. The van der Waals surface area contributed by atoms with Gasteiger partial charge in [-0.2, -0.15) is 0 Å². The molecule has 2 aliphatic rings. The highest BCUT2D eigenvalue weighted by Gasteiger charge is 2.28. The maximum Gasteiger partial charge on any atom is 0.323 e. The van der Waals surface area contributed by atoms with E-state index in [1.165, 1.54) is 23.2 Å². The number of pyridine rings is 1. The molecule has 1 saturated heterocycles. The number of amides is 4. The summed E-state index contributed by atoms with van der Waals surface area (Å²) >= 11 is 5.82. The zero-order chi connectivity index (χ0) is 23.4. The van der Waals surface area contributed by atoms with Crippen molar-refractivity contribution in [2.75, 3.05) is 35.2 Å². The number of hydrogen-bond donors (Lipinski definition) is 2. The normalized spacial score (nSPS) is 15.8. The van der Waals surface area contributed by atoms with Crippen LogP contribution in [0.1, 0.15) is 32.1 Å². The second kappa shape index (κ2) is 10.2. The molecule has 8 nitrogen and oxygen atoms in total. The number of carbonyl (C=O) groups is 3. The van der Waals surface area contributed by atoms with Gasteiger partial charge in [0.2, 0.25) is 11.8 Å². The summed E-state index contributed by atoms with van der Waals surface area (Å²) < 4.78 is 14.7. The van der Waals surface area contributed by atoms with Crippen LogP contribution in [0.2, 0.25) is 5.02 Å². The number of halogens is 2. The van der Waals surface area contributed by atoms with Crippen molar-refractivity contribution < 1.29 is 18.8 Å². The Hall–Kier alpha value is -3.20. The van der Waals surface area contributed by atoms with Crippen LogP contribution in [0, 0.1) is 11.7 Å². The van der Waals surface area contributed by atoms with Crippen LogP contribution in [0.3, 0.4) is 0 Å². The van der Waals surface area contributed by atoms with E-state index >= 15 is 0 Å². The molecule has 2 aromatic rings. The Morgan fingerprint density at radius 1 is 1.18 bits per heavy atom. The summed E-state index contributed by atoms with van der Waals surface area (Å²) in [5.74, 6) is -0.521. The number of aromatic nitrogens is 1. The lowest BCUT2D eigenvalue weighted by atomic mass is 10.1. The minimum atomic E-state index is -0.636. The summed E-state index contributed by atoms with van der Waals surface area (Å²) in [6.07, 6.45) is 5.57. The summed E-state index contributed by atoms with van der Waals surface area (Å²) in [4.78, 5) is 44.4. The Morgan fingerprint density at radius 3 is 2.67 bits per heavy atom. The quantitative estimate of drug-likeness (QED) is 0.627.